The van der Waals surface area contributed by atoms with Crippen LogP contribution in [-0.4, -0.2) is 16.2 Å². The summed E-state index contributed by atoms with van der Waals surface area (Å²) in [5, 5.41) is 6.35. The lowest BCUT2D eigenvalue weighted by molar-refractivity contribution is -0.143. The third kappa shape index (κ3) is 5.92. The van der Waals surface area contributed by atoms with Gasteiger partial charge in [0.2, 0.25) is 6.41 Å². The van der Waals surface area contributed by atoms with E-state index in [-0.39, 0.29) is 5.82 Å². The average molecular weight is 399 g/mol. The van der Waals surface area contributed by atoms with Crippen LogP contribution in [0.1, 0.15) is 16.1 Å². The zero-order valence-electron chi connectivity index (χ0n) is 14.5. The lowest BCUT2D eigenvalue weighted by atomic mass is 10.2. The predicted molar refractivity (Wildman–Crippen MR) is 95.6 cm³/mol. The molecule has 1 aromatic carbocycles. The van der Waals surface area contributed by atoms with Crippen molar-refractivity contribution >= 4 is 17.7 Å². The number of carbonyl (C=O) groups excluding carboxylic acids is 1. The summed E-state index contributed by atoms with van der Waals surface area (Å²) in [6.45, 7) is 2.35. The van der Waals surface area contributed by atoms with Crippen LogP contribution in [0.2, 0.25) is 0 Å². The molecule has 0 atom stereocenters. The topological polar surface area (TPSA) is 46.9 Å². The van der Waals surface area contributed by atoms with E-state index in [4.69, 9.17) is 0 Å². The molecule has 0 fully saturated rings. The van der Waals surface area contributed by atoms with E-state index in [9.17, 15) is 22.4 Å². The Bertz CT molecular complexity index is 885. The molecule has 0 aliphatic heterocycles. The molecule has 0 aliphatic carbocycles. The van der Waals surface area contributed by atoms with Gasteiger partial charge in [-0.25, -0.2) is 4.39 Å². The molecule has 0 saturated carbocycles. The van der Waals surface area contributed by atoms with Gasteiger partial charge >= 0.3 is 6.18 Å². The Hall–Kier alpha value is -2.68. The molecule has 2 heterocycles. The molecule has 4 nitrogen and oxygen atoms in total. The third-order valence-corrected chi connectivity index (χ3v) is 4.49. The Morgan fingerprint density at radius 2 is 1.85 bits per heavy atom. The quantitative estimate of drug-likeness (QED) is 0.517. The zero-order valence-corrected chi connectivity index (χ0v) is 15.4. The highest BCUT2D eigenvalue weighted by Crippen LogP contribution is 2.33. The SMILES string of the molecule is Cc1ccc(-c2cc(C(F)(F)F)n(C)n2)s1.O=CNCc1ccc(F)cc1. The normalized spacial score (nSPS) is 10.9. The fourth-order valence-corrected chi connectivity index (χ4v) is 3.01. The number of aromatic nitrogens is 2. The lowest BCUT2D eigenvalue weighted by Gasteiger charge is -2.04. The van der Waals surface area contributed by atoms with E-state index >= 15 is 0 Å². The summed E-state index contributed by atoms with van der Waals surface area (Å²) in [6, 6.07) is 10.7. The maximum Gasteiger partial charge on any atom is 0.433 e. The second-order valence-corrected chi connectivity index (χ2v) is 6.86. The first-order valence-corrected chi connectivity index (χ1v) is 8.62. The molecule has 0 saturated heterocycles. The molecule has 144 valence electrons. The Labute approximate surface area is 157 Å². The number of hydrogen-bond acceptors (Lipinski definition) is 3. The Morgan fingerprint density at radius 3 is 2.33 bits per heavy atom. The van der Waals surface area contributed by atoms with Gasteiger partial charge in [-0.05, 0) is 42.8 Å². The van der Waals surface area contributed by atoms with E-state index in [2.05, 4.69) is 10.4 Å². The summed E-state index contributed by atoms with van der Waals surface area (Å²) < 4.78 is 50.8. The molecule has 9 heteroatoms. The molecular weight excluding hydrogens is 382 g/mol. The Kier molecular flexibility index (Phi) is 6.73. The largest absolute Gasteiger partial charge is 0.433 e. The van der Waals surface area contributed by atoms with Gasteiger partial charge in [-0.1, -0.05) is 12.1 Å². The van der Waals surface area contributed by atoms with Crippen LogP contribution in [-0.2, 0) is 24.6 Å². The number of nitrogens with zero attached hydrogens (tertiary/aromatic N) is 2. The minimum Gasteiger partial charge on any atom is -0.355 e. The van der Waals surface area contributed by atoms with Crippen LogP contribution in [0, 0.1) is 12.7 Å². The average Bonchev–Trinajstić information content (AvgIpc) is 3.20. The molecule has 0 radical (unpaired) electrons. The van der Waals surface area contributed by atoms with Gasteiger partial charge in [0.1, 0.15) is 17.2 Å². The summed E-state index contributed by atoms with van der Waals surface area (Å²) in [7, 11) is 1.30. The monoisotopic (exact) mass is 399 g/mol. The Balaban J connectivity index is 0.000000208. The smallest absolute Gasteiger partial charge is 0.355 e. The number of halogens is 4. The summed E-state index contributed by atoms with van der Waals surface area (Å²) in [4.78, 5) is 11.7. The molecule has 0 spiro atoms. The molecule has 1 N–H and O–H groups in total. The number of amides is 1. The van der Waals surface area contributed by atoms with Gasteiger partial charge in [0.25, 0.3) is 0 Å². The van der Waals surface area contributed by atoms with Crippen molar-refractivity contribution in [2.45, 2.75) is 19.6 Å². The van der Waals surface area contributed by atoms with Crippen LogP contribution in [0.25, 0.3) is 10.6 Å². The van der Waals surface area contributed by atoms with Crippen molar-refractivity contribution in [1.29, 1.82) is 0 Å². The second kappa shape index (κ2) is 8.81. The number of thiophene rings is 1. The van der Waals surface area contributed by atoms with Crippen molar-refractivity contribution in [3.63, 3.8) is 0 Å². The van der Waals surface area contributed by atoms with Crippen LogP contribution in [0.3, 0.4) is 0 Å². The van der Waals surface area contributed by atoms with Crippen molar-refractivity contribution in [2.24, 2.45) is 7.05 Å². The highest BCUT2D eigenvalue weighted by Gasteiger charge is 2.35. The maximum atomic E-state index is 12.5. The molecule has 0 bridgehead atoms. The van der Waals surface area contributed by atoms with E-state index in [1.807, 2.05) is 13.0 Å². The summed E-state index contributed by atoms with van der Waals surface area (Å²) in [6.07, 6.45) is -3.74. The Morgan fingerprint density at radius 1 is 1.19 bits per heavy atom. The molecule has 3 rings (SSSR count). The van der Waals surface area contributed by atoms with Gasteiger partial charge in [0.05, 0.1) is 4.88 Å². The van der Waals surface area contributed by atoms with Gasteiger partial charge in [0, 0.05) is 18.5 Å². The van der Waals surface area contributed by atoms with E-state index < -0.39 is 11.9 Å². The minimum atomic E-state index is -4.35. The first kappa shape index (κ1) is 20.6. The van der Waals surface area contributed by atoms with E-state index in [1.54, 1.807) is 18.2 Å². The van der Waals surface area contributed by atoms with E-state index in [1.165, 1.54) is 30.5 Å². The molecule has 3 aromatic rings. The highest BCUT2D eigenvalue weighted by molar-refractivity contribution is 7.15. The van der Waals surface area contributed by atoms with Gasteiger partial charge in [0.15, 0.2) is 0 Å². The number of rotatable bonds is 4. The number of hydrogen-bond donors (Lipinski definition) is 1. The van der Waals surface area contributed by atoms with Gasteiger partial charge < -0.3 is 5.32 Å². The van der Waals surface area contributed by atoms with Crippen LogP contribution in [0.15, 0.2) is 42.5 Å². The van der Waals surface area contributed by atoms with E-state index in [0.717, 1.165) is 26.1 Å². The minimum absolute atomic E-state index is 0.264. The third-order valence-electron chi connectivity index (χ3n) is 3.47. The standard InChI is InChI=1S/C10H9F3N2S.C8H8FNO/c1-6-3-4-8(16-6)7-5-9(10(11,12)13)15(2)14-7;9-8-3-1-7(2-4-8)5-10-6-11/h3-5H,1-2H3;1-4,6H,5H2,(H,10,11). The first-order chi connectivity index (χ1) is 12.7. The number of nitrogens with one attached hydrogen (secondary N) is 1. The van der Waals surface area contributed by atoms with Crippen LogP contribution < -0.4 is 5.32 Å². The molecule has 0 aliphatic rings. The number of carbonyl (C=O) groups is 1. The summed E-state index contributed by atoms with van der Waals surface area (Å²) >= 11 is 1.43. The van der Waals surface area contributed by atoms with Crippen LogP contribution in [0.5, 0.6) is 0 Å². The van der Waals surface area contributed by atoms with Gasteiger partial charge in [-0.15, -0.1) is 11.3 Å². The van der Waals surface area contributed by atoms with Gasteiger partial charge in [-0.2, -0.15) is 18.3 Å². The highest BCUT2D eigenvalue weighted by atomic mass is 32.1. The van der Waals surface area contributed by atoms with Gasteiger partial charge in [-0.3, -0.25) is 9.48 Å². The van der Waals surface area contributed by atoms with E-state index in [0.29, 0.717) is 18.6 Å². The van der Waals surface area contributed by atoms with Crippen molar-refractivity contribution in [1.82, 2.24) is 15.1 Å². The van der Waals surface area contributed by atoms with Crippen molar-refractivity contribution in [3.05, 3.63) is 64.4 Å². The van der Waals surface area contributed by atoms with Crippen molar-refractivity contribution in [3.8, 4) is 10.6 Å². The lowest BCUT2D eigenvalue weighted by Crippen LogP contribution is -2.11. The number of aryl methyl sites for hydroxylation is 2. The van der Waals surface area contributed by atoms with Crippen molar-refractivity contribution < 1.29 is 22.4 Å². The number of benzene rings is 1. The zero-order chi connectivity index (χ0) is 20.0. The second-order valence-electron chi connectivity index (χ2n) is 5.57. The van der Waals surface area contributed by atoms with Crippen molar-refractivity contribution in [2.75, 3.05) is 0 Å². The number of alkyl halides is 3. The molecule has 27 heavy (non-hydrogen) atoms. The molecule has 1 amide bonds. The molecule has 2 aromatic heterocycles. The van der Waals surface area contributed by atoms with Crippen LogP contribution in [0.4, 0.5) is 17.6 Å². The summed E-state index contributed by atoms with van der Waals surface area (Å²) in [5.41, 5.74) is 0.528. The first-order valence-electron chi connectivity index (χ1n) is 7.80. The summed E-state index contributed by atoms with van der Waals surface area (Å²) in [5.74, 6) is -0.264. The fraction of sp³-hybridized carbons (Fsp3) is 0.222. The molecule has 0 unspecified atom stereocenters. The predicted octanol–water partition coefficient (Wildman–Crippen LogP) is 4.55. The fourth-order valence-electron chi connectivity index (χ4n) is 2.19. The maximum absolute atomic E-state index is 12.5. The molecular formula is C18H17F4N3OS. The van der Waals surface area contributed by atoms with Crippen LogP contribution >= 0.6 is 11.3 Å².